The third-order valence-corrected chi connectivity index (χ3v) is 3.59. The van der Waals surface area contributed by atoms with Crippen molar-refractivity contribution < 1.29 is 8.42 Å². The summed E-state index contributed by atoms with van der Waals surface area (Å²) in [6.07, 6.45) is 0.902. The highest BCUT2D eigenvalue weighted by atomic mass is 35.6. The fourth-order valence-electron chi connectivity index (χ4n) is 0.834. The molecule has 0 aliphatic carbocycles. The first-order valence-corrected chi connectivity index (χ1v) is 7.32. The molecule has 0 saturated heterocycles. The van der Waals surface area contributed by atoms with Crippen LogP contribution < -0.4 is 0 Å². The number of alkyl halides is 3. The fourth-order valence-corrected chi connectivity index (χ4v) is 2.93. The Hall–Kier alpha value is 0.480. The molecule has 0 N–H and O–H groups in total. The predicted octanol–water partition coefficient (Wildman–Crippen LogP) is 3.01. The van der Waals surface area contributed by atoms with Crippen molar-refractivity contribution in [2.75, 3.05) is 6.26 Å². The standard InChI is InChI=1S/C6H3Cl5N2O2S/c1-16(14,15)4-2(7)3(6(9,10)11)12-5(8)13-4/h1H3. The quantitative estimate of drug-likeness (QED) is 0.446. The van der Waals surface area contributed by atoms with Crippen LogP contribution in [0.25, 0.3) is 0 Å². The molecule has 1 rings (SSSR count). The zero-order valence-corrected chi connectivity index (χ0v) is 12.1. The highest BCUT2D eigenvalue weighted by molar-refractivity contribution is 7.90. The van der Waals surface area contributed by atoms with E-state index in [1.165, 1.54) is 0 Å². The van der Waals surface area contributed by atoms with Crippen molar-refractivity contribution in [1.29, 1.82) is 0 Å². The zero-order valence-electron chi connectivity index (χ0n) is 7.51. The summed E-state index contributed by atoms with van der Waals surface area (Å²) in [5, 5.41) is -1.20. The smallest absolute Gasteiger partial charge is 0.222 e. The van der Waals surface area contributed by atoms with Gasteiger partial charge < -0.3 is 0 Å². The van der Waals surface area contributed by atoms with E-state index in [-0.39, 0.29) is 16.0 Å². The predicted molar refractivity (Wildman–Crippen MR) is 64.4 cm³/mol. The molecule has 0 fully saturated rings. The number of sulfone groups is 1. The molecule has 4 nitrogen and oxygen atoms in total. The zero-order chi connectivity index (χ0) is 12.7. The Bertz CT molecular complexity index is 524. The first-order valence-electron chi connectivity index (χ1n) is 3.54. The van der Waals surface area contributed by atoms with Gasteiger partial charge in [0.1, 0.15) is 10.7 Å². The van der Waals surface area contributed by atoms with Gasteiger partial charge in [-0.1, -0.05) is 46.4 Å². The molecule has 1 heterocycles. The molecule has 1 aromatic heterocycles. The third kappa shape index (κ3) is 3.24. The topological polar surface area (TPSA) is 59.9 Å². The molecule has 0 radical (unpaired) electrons. The molecule has 16 heavy (non-hydrogen) atoms. The van der Waals surface area contributed by atoms with Crippen LogP contribution in [0, 0.1) is 0 Å². The summed E-state index contributed by atoms with van der Waals surface area (Å²) in [7, 11) is -3.68. The molecule has 0 unspecified atom stereocenters. The summed E-state index contributed by atoms with van der Waals surface area (Å²) in [5.74, 6) is 0. The van der Waals surface area contributed by atoms with Crippen molar-refractivity contribution >= 4 is 67.8 Å². The van der Waals surface area contributed by atoms with Gasteiger partial charge in [-0.05, 0) is 11.6 Å². The molecule has 0 aromatic carbocycles. The van der Waals surface area contributed by atoms with E-state index in [9.17, 15) is 8.42 Å². The second-order valence-corrected chi connectivity index (χ2v) is 7.66. The molecular weight excluding hydrogens is 341 g/mol. The van der Waals surface area contributed by atoms with Crippen molar-refractivity contribution in [3.8, 4) is 0 Å². The van der Waals surface area contributed by atoms with Crippen LogP contribution in [-0.4, -0.2) is 24.6 Å². The Labute approximate surface area is 117 Å². The molecule has 1 aromatic rings. The van der Waals surface area contributed by atoms with E-state index in [0.29, 0.717) is 0 Å². The van der Waals surface area contributed by atoms with Crippen molar-refractivity contribution in [3.63, 3.8) is 0 Å². The Morgan fingerprint density at radius 1 is 1.12 bits per heavy atom. The average molecular weight is 344 g/mol. The average Bonchev–Trinajstić information content (AvgIpc) is 2.04. The van der Waals surface area contributed by atoms with Gasteiger partial charge in [-0.2, -0.15) is 0 Å². The van der Waals surface area contributed by atoms with Crippen molar-refractivity contribution in [2.24, 2.45) is 0 Å². The highest BCUT2D eigenvalue weighted by Gasteiger charge is 2.32. The number of hydrogen-bond acceptors (Lipinski definition) is 4. The molecule has 0 bridgehead atoms. The van der Waals surface area contributed by atoms with Crippen molar-refractivity contribution in [3.05, 3.63) is 16.0 Å². The monoisotopic (exact) mass is 342 g/mol. The molecule has 0 atom stereocenters. The summed E-state index contributed by atoms with van der Waals surface area (Å²) in [6.45, 7) is 0. The van der Waals surface area contributed by atoms with E-state index >= 15 is 0 Å². The lowest BCUT2D eigenvalue weighted by molar-refractivity contribution is 0.597. The molecule has 0 saturated carbocycles. The van der Waals surface area contributed by atoms with Crippen LogP contribution in [0.15, 0.2) is 5.03 Å². The van der Waals surface area contributed by atoms with E-state index in [0.717, 1.165) is 6.26 Å². The second-order valence-electron chi connectivity index (χ2n) is 2.73. The van der Waals surface area contributed by atoms with Crippen molar-refractivity contribution in [1.82, 2.24) is 9.97 Å². The van der Waals surface area contributed by atoms with Gasteiger partial charge in [0.25, 0.3) is 0 Å². The Morgan fingerprint density at radius 2 is 1.62 bits per heavy atom. The minimum atomic E-state index is -3.68. The first kappa shape index (κ1) is 14.5. The van der Waals surface area contributed by atoms with Crippen molar-refractivity contribution in [2.45, 2.75) is 8.82 Å². The van der Waals surface area contributed by atoms with Gasteiger partial charge in [0, 0.05) is 6.26 Å². The summed E-state index contributed by atoms with van der Waals surface area (Å²) in [5.41, 5.74) is -0.278. The molecule has 90 valence electrons. The summed E-state index contributed by atoms with van der Waals surface area (Å²) >= 11 is 27.9. The minimum Gasteiger partial charge on any atom is -0.222 e. The maximum Gasteiger partial charge on any atom is 0.234 e. The fraction of sp³-hybridized carbons (Fsp3) is 0.333. The Kier molecular flexibility index (Phi) is 4.21. The van der Waals surface area contributed by atoms with Crippen LogP contribution in [0.3, 0.4) is 0 Å². The summed E-state index contributed by atoms with van der Waals surface area (Å²) < 4.78 is 20.7. The van der Waals surface area contributed by atoms with Gasteiger partial charge in [-0.15, -0.1) is 0 Å². The number of nitrogens with zero attached hydrogens (tertiary/aromatic N) is 2. The van der Waals surface area contributed by atoms with Gasteiger partial charge >= 0.3 is 0 Å². The maximum atomic E-state index is 11.3. The molecule has 0 aliphatic heterocycles. The van der Waals surface area contributed by atoms with E-state index < -0.39 is 18.7 Å². The van der Waals surface area contributed by atoms with Crippen LogP contribution in [0.1, 0.15) is 5.69 Å². The van der Waals surface area contributed by atoms with Gasteiger partial charge in [-0.25, -0.2) is 18.4 Å². The lowest BCUT2D eigenvalue weighted by Gasteiger charge is -2.13. The number of aromatic nitrogens is 2. The molecular formula is C6H3Cl5N2O2S. The number of rotatable bonds is 1. The van der Waals surface area contributed by atoms with Crippen LogP contribution in [0.2, 0.25) is 10.3 Å². The van der Waals surface area contributed by atoms with Crippen LogP contribution >= 0.6 is 58.0 Å². The van der Waals surface area contributed by atoms with Crippen LogP contribution in [0.4, 0.5) is 0 Å². The summed E-state index contributed by atoms with van der Waals surface area (Å²) in [6, 6.07) is 0. The van der Waals surface area contributed by atoms with Crippen LogP contribution in [0.5, 0.6) is 0 Å². The Balaban J connectivity index is 3.64. The van der Waals surface area contributed by atoms with Gasteiger partial charge in [-0.3, -0.25) is 0 Å². The minimum absolute atomic E-state index is 0.278. The lowest BCUT2D eigenvalue weighted by Crippen LogP contribution is -2.11. The normalized spacial score (nSPS) is 12.9. The van der Waals surface area contributed by atoms with Gasteiger partial charge in [0.05, 0.1) is 0 Å². The second kappa shape index (κ2) is 4.63. The SMILES string of the molecule is CS(=O)(=O)c1nc(Cl)nc(C(Cl)(Cl)Cl)c1Cl. The Morgan fingerprint density at radius 3 is 2.00 bits per heavy atom. The number of halogens is 5. The molecule has 0 aliphatic rings. The lowest BCUT2D eigenvalue weighted by atomic mass is 10.4. The van der Waals surface area contributed by atoms with Gasteiger partial charge in [0.2, 0.25) is 9.08 Å². The third-order valence-electron chi connectivity index (χ3n) is 1.41. The molecule has 0 spiro atoms. The van der Waals surface area contributed by atoms with E-state index in [2.05, 4.69) is 9.97 Å². The van der Waals surface area contributed by atoms with Gasteiger partial charge in [0.15, 0.2) is 14.9 Å². The summed E-state index contributed by atoms with van der Waals surface area (Å²) in [4.78, 5) is 7.06. The highest BCUT2D eigenvalue weighted by Crippen LogP contribution is 2.42. The van der Waals surface area contributed by atoms with E-state index in [1.807, 2.05) is 0 Å². The molecule has 0 amide bonds. The number of hydrogen-bond donors (Lipinski definition) is 0. The first-order chi connectivity index (χ1) is 7.03. The largest absolute Gasteiger partial charge is 0.234 e. The van der Waals surface area contributed by atoms with E-state index in [1.54, 1.807) is 0 Å². The molecule has 10 heteroatoms. The van der Waals surface area contributed by atoms with E-state index in [4.69, 9.17) is 58.0 Å². The van der Waals surface area contributed by atoms with Crippen LogP contribution in [-0.2, 0) is 13.6 Å². The maximum absolute atomic E-state index is 11.3.